The van der Waals surface area contributed by atoms with Crippen molar-refractivity contribution < 1.29 is 91.4 Å². The Bertz CT molecular complexity index is 4400. The molecule has 1 saturated carbocycles. The van der Waals surface area contributed by atoms with Gasteiger partial charge in [-0.15, -0.1) is 0 Å². The second-order valence-corrected chi connectivity index (χ2v) is 28.1. The number of phenols is 2. The smallest absolute Gasteiger partial charge is 0.410 e. The number of carbonyl (C=O) groups excluding carboxylic acids is 10. The van der Waals surface area contributed by atoms with Crippen LogP contribution in [-0.2, 0) is 59.1 Å². The third-order valence-electron chi connectivity index (χ3n) is 20.5. The molecule has 3 aromatic rings. The van der Waals surface area contributed by atoms with Gasteiger partial charge in [-0.1, -0.05) is 64.5 Å². The molecule has 4 bridgehead atoms. The Labute approximate surface area is 611 Å². The molecular weight excluding hydrogens is 1370 g/mol. The van der Waals surface area contributed by atoms with Crippen molar-refractivity contribution in [3.8, 4) is 28.7 Å². The zero-order valence-corrected chi connectivity index (χ0v) is 60.8. The van der Waals surface area contributed by atoms with Gasteiger partial charge in [-0.05, 0) is 101 Å². The number of phenolic OH excluding ortho intramolecular Hbond substituents is 2. The number of Topliss-reactive ketones (excluding diaryl/α,β-unsaturated/α-hetero) is 1. The summed E-state index contributed by atoms with van der Waals surface area (Å²) in [6, 6.07) is 7.59. The standard InChI is InChI=1S/C76H92N10O20/c1-40-16-13-17-41(2)69(95)83-61-64(93)57-56(58-66(45(6)63(57)92)106-75(8,68(58)94)103-35-25-52(101-9)43(4)65(104-46(7)87)44(5)62(91)42(3)36-40)60-67(61)105-53-38-49(37-51(88)59(53)82-60)84-31-33-85(34-32-84)74(100)102-39-47-19-21-48(22-20-47)80-70(96)50(18-14-29-79-73(77)99)81-72(98)76(26-15-27-76)71(97)78-28-11-10-12-30-86-54(89)23-24-55(86)90/h13,16-17,19-25,35,37-38,40,42-44,50,52,62,65,88,91-92H,10-12,14-15,18,26-34,36,39H2,1-9H3,(H,78,97)(H,80,96)(H,81,98)(H,83,95)(H3,77,79,99)/b16-13+,35-25+,41-17-/t40-,42+,43+,44+,50-,52-,62+,65+,75-/m0/s1. The predicted octanol–water partition coefficient (Wildman–Crippen LogP) is 7.40. The Kier molecular flexibility index (Phi) is 24.2. The van der Waals surface area contributed by atoms with E-state index in [1.807, 2.05) is 24.8 Å². The lowest BCUT2D eigenvalue weighted by molar-refractivity contribution is -0.159. The molecule has 30 nitrogen and oxygen atoms in total. The van der Waals surface area contributed by atoms with Crippen molar-refractivity contribution in [2.45, 2.75) is 150 Å². The lowest BCUT2D eigenvalue weighted by Crippen LogP contribution is -2.58. The number of nitrogens with two attached hydrogens (primary N) is 1. The maximum atomic E-state index is 15.1. The number of rotatable bonds is 20. The van der Waals surface area contributed by atoms with Gasteiger partial charge in [0.1, 0.15) is 58.3 Å². The summed E-state index contributed by atoms with van der Waals surface area (Å²) in [6.45, 7) is 14.3. The predicted molar refractivity (Wildman–Crippen MR) is 388 cm³/mol. The van der Waals surface area contributed by atoms with E-state index in [1.54, 1.807) is 56.3 Å². The number of benzene rings is 4. The van der Waals surface area contributed by atoms with Gasteiger partial charge in [-0.3, -0.25) is 48.1 Å². The molecule has 5 aliphatic heterocycles. The summed E-state index contributed by atoms with van der Waals surface area (Å²) >= 11 is 0. The largest absolute Gasteiger partial charge is 0.507 e. The number of methoxy groups -OCH3 is 1. The van der Waals surface area contributed by atoms with Crippen LogP contribution in [0.25, 0.3) is 33.3 Å². The molecule has 7 aliphatic rings. The Morgan fingerprint density at radius 3 is 2.22 bits per heavy atom. The number of imide groups is 1. The van der Waals surface area contributed by atoms with Crippen molar-refractivity contribution in [1.29, 1.82) is 0 Å². The highest BCUT2D eigenvalue weighted by atomic mass is 16.7. The Morgan fingerprint density at radius 1 is 0.858 bits per heavy atom. The fourth-order valence-corrected chi connectivity index (χ4v) is 14.2. The van der Waals surface area contributed by atoms with Crippen LogP contribution >= 0.6 is 0 Å². The number of aromatic hydroxyl groups is 2. The van der Waals surface area contributed by atoms with Gasteiger partial charge in [0.05, 0.1) is 29.4 Å². The lowest BCUT2D eigenvalue weighted by Gasteiger charge is -2.39. The molecule has 3 aromatic carbocycles. The molecule has 0 radical (unpaired) electrons. The van der Waals surface area contributed by atoms with Crippen LogP contribution in [0.1, 0.15) is 128 Å². The number of piperazine rings is 1. The maximum Gasteiger partial charge on any atom is 0.410 e. The molecule has 106 heavy (non-hydrogen) atoms. The summed E-state index contributed by atoms with van der Waals surface area (Å²) in [5, 5.41) is 48.6. The number of carbonyl (C=O) groups is 10. The first-order chi connectivity index (χ1) is 50.4. The highest BCUT2D eigenvalue weighted by molar-refractivity contribution is 6.22. The number of nitrogens with zero attached hydrogens (tertiary/aromatic N) is 4. The SMILES string of the molecule is CO[C@H]1/C=C/O[C@@]2(C)Oc3c(C)c(O)c4c(=O)c(c5oc6cc(N7CCN(C(=O)OCc8ccc(NC(=O)[C@H](CCCNC(N)=O)NC(=O)C9(C(=O)NCCCCCN%10C(=O)C=CC%10=O)CCC9)cc8)CC7)cc(O)c6nc-5c4c3C2=O)NC(=O)/C(C)=C\C=C\[C@H](C)C[C@@H](C)[C@@H](O)[C@@H](C)[C@H](OC(C)=O)[C@@H]1C. The number of urea groups is 1. The van der Waals surface area contributed by atoms with Crippen LogP contribution in [0.5, 0.6) is 17.2 Å². The highest BCUT2D eigenvalue weighted by Crippen LogP contribution is 2.51. The fourth-order valence-electron chi connectivity index (χ4n) is 14.2. The minimum absolute atomic E-state index is 0.0217. The Balaban J connectivity index is 0.830. The Morgan fingerprint density at radius 2 is 1.56 bits per heavy atom. The first-order valence-corrected chi connectivity index (χ1v) is 35.6. The van der Waals surface area contributed by atoms with E-state index < -0.39 is 123 Å². The van der Waals surface area contributed by atoms with E-state index in [9.17, 15) is 58.5 Å². The molecule has 10 N–H and O–H groups in total. The zero-order chi connectivity index (χ0) is 76.6. The maximum absolute atomic E-state index is 15.1. The van der Waals surface area contributed by atoms with Crippen LogP contribution in [0.4, 0.5) is 26.7 Å². The van der Waals surface area contributed by atoms with Crippen molar-refractivity contribution in [3.63, 3.8) is 0 Å². The summed E-state index contributed by atoms with van der Waals surface area (Å²) < 4.78 is 36.4. The average molecular weight is 1470 g/mol. The summed E-state index contributed by atoms with van der Waals surface area (Å²) in [6.07, 6.45) is 10.7. The number of unbranched alkanes of at least 4 members (excludes halogenated alkanes) is 2. The van der Waals surface area contributed by atoms with E-state index in [0.717, 1.165) is 4.90 Å². The normalized spacial score (nSPS) is 24.0. The number of ketones is 1. The van der Waals surface area contributed by atoms with E-state index in [-0.39, 0.29) is 152 Å². The first kappa shape index (κ1) is 77.7. The van der Waals surface area contributed by atoms with Gasteiger partial charge >= 0.3 is 23.9 Å². The van der Waals surface area contributed by atoms with Crippen molar-refractivity contribution in [2.24, 2.45) is 34.8 Å². The highest BCUT2D eigenvalue weighted by Gasteiger charge is 2.52. The van der Waals surface area contributed by atoms with Crippen LogP contribution in [-0.4, -0.2) is 172 Å². The Hall–Kier alpha value is -10.9. The van der Waals surface area contributed by atoms with Gasteiger partial charge in [0.2, 0.25) is 23.2 Å². The number of nitrogens with one attached hydrogen (secondary N) is 5. The molecule has 2 fully saturated rings. The van der Waals surface area contributed by atoms with E-state index >= 15 is 9.59 Å². The van der Waals surface area contributed by atoms with Gasteiger partial charge in [0.15, 0.2) is 11.3 Å². The number of hydrogen-bond donors (Lipinski definition) is 9. The molecular formula is C76H92N10O20. The molecule has 10 rings (SSSR count). The fraction of sp³-hybridized carbons (Fsp3) is 0.474. The van der Waals surface area contributed by atoms with E-state index in [1.165, 1.54) is 70.3 Å². The molecule has 9 atom stereocenters. The number of esters is 1. The first-order valence-electron chi connectivity index (χ1n) is 35.6. The summed E-state index contributed by atoms with van der Waals surface area (Å²) in [5.41, 5.74) is 3.31. The molecule has 566 valence electrons. The van der Waals surface area contributed by atoms with Crippen molar-refractivity contribution in [1.82, 2.24) is 30.7 Å². The second-order valence-electron chi connectivity index (χ2n) is 28.1. The summed E-state index contributed by atoms with van der Waals surface area (Å²) in [7, 11) is 1.44. The number of anilines is 3. The molecule has 2 aliphatic carbocycles. The number of amides is 9. The van der Waals surface area contributed by atoms with Gasteiger partial charge in [-0.25, -0.2) is 14.6 Å². The number of aromatic nitrogens is 1. The van der Waals surface area contributed by atoms with Crippen LogP contribution in [0.3, 0.4) is 0 Å². The number of fused-ring (bicyclic) bond motifs is 2. The number of aliphatic hydroxyl groups excluding tert-OH is 1. The van der Waals surface area contributed by atoms with Crippen LogP contribution < -0.4 is 47.4 Å². The molecule has 9 amide bonds. The lowest BCUT2D eigenvalue weighted by atomic mass is 9.67. The van der Waals surface area contributed by atoms with Crippen LogP contribution in [0.2, 0.25) is 0 Å². The number of aliphatic hydroxyl groups is 1. The van der Waals surface area contributed by atoms with Gasteiger partial charge < -0.3 is 85.5 Å². The number of ether oxygens (including phenoxy) is 5. The topological polar surface area (TPSA) is 417 Å². The molecule has 1 saturated heterocycles. The minimum atomic E-state index is -2.15. The quantitative estimate of drug-likeness (QED) is 0.00915. The van der Waals surface area contributed by atoms with E-state index in [0.29, 0.717) is 49.0 Å². The molecule has 0 spiro atoms. The molecule has 0 aromatic heterocycles. The molecule has 30 heteroatoms. The number of hydrogen-bond acceptors (Lipinski definition) is 22. The van der Waals surface area contributed by atoms with E-state index in [4.69, 9.17) is 38.8 Å². The van der Waals surface area contributed by atoms with Gasteiger partial charge in [0, 0.05) is 131 Å². The van der Waals surface area contributed by atoms with E-state index in [2.05, 4.69) is 26.6 Å². The third-order valence-corrected chi connectivity index (χ3v) is 20.5. The van der Waals surface area contributed by atoms with Gasteiger partial charge in [-0.2, -0.15) is 0 Å². The average Bonchev–Trinajstić information content (AvgIpc) is 1.36. The van der Waals surface area contributed by atoms with Crippen LogP contribution in [0, 0.1) is 36.0 Å². The van der Waals surface area contributed by atoms with Crippen molar-refractivity contribution >= 4 is 98.3 Å². The van der Waals surface area contributed by atoms with Gasteiger partial charge in [0.25, 0.3) is 23.5 Å². The summed E-state index contributed by atoms with van der Waals surface area (Å²) in [5.74, 6) is -9.72. The van der Waals surface area contributed by atoms with Crippen molar-refractivity contribution in [3.05, 3.63) is 112 Å². The number of primary amides is 1. The second kappa shape index (κ2) is 33.1. The summed E-state index contributed by atoms with van der Waals surface area (Å²) in [4.78, 5) is 157. The third kappa shape index (κ3) is 16.8. The molecule has 0 unspecified atom stereocenters. The monoisotopic (exact) mass is 1460 g/mol. The minimum Gasteiger partial charge on any atom is -0.507 e. The zero-order valence-electron chi connectivity index (χ0n) is 60.8. The molecule has 5 heterocycles. The van der Waals surface area contributed by atoms with Crippen molar-refractivity contribution in [2.75, 3.05) is 68.5 Å². The van der Waals surface area contributed by atoms with Crippen LogP contribution in [0.15, 0.2) is 93.9 Å². The number of allylic oxidation sites excluding steroid dienone is 3.